The van der Waals surface area contributed by atoms with Crippen LogP contribution in [0.5, 0.6) is 0 Å². The van der Waals surface area contributed by atoms with E-state index in [-0.39, 0.29) is 11.6 Å². The van der Waals surface area contributed by atoms with Gasteiger partial charge in [-0.3, -0.25) is 9.59 Å². The largest absolute Gasteiger partial charge is 0.293 e. The van der Waals surface area contributed by atoms with Gasteiger partial charge in [-0.2, -0.15) is 0 Å². The third kappa shape index (κ3) is 1.73. The van der Waals surface area contributed by atoms with E-state index in [9.17, 15) is 9.59 Å². The van der Waals surface area contributed by atoms with Gasteiger partial charge in [-0.15, -0.1) is 0 Å². The Morgan fingerprint density at radius 1 is 0.909 bits per heavy atom. The fraction of sp³-hybridized carbons (Fsp3) is 0.300. The second kappa shape index (κ2) is 4.91. The van der Waals surface area contributed by atoms with Crippen molar-refractivity contribution in [1.82, 2.24) is 0 Å². The van der Waals surface area contributed by atoms with Crippen LogP contribution in [0.25, 0.3) is 0 Å². The van der Waals surface area contributed by atoms with Gasteiger partial charge in [0.2, 0.25) is 0 Å². The van der Waals surface area contributed by atoms with Crippen LogP contribution >= 0.6 is 0 Å². The lowest BCUT2D eigenvalue weighted by Crippen LogP contribution is -2.38. The second-order valence-corrected chi connectivity index (χ2v) is 6.22. The minimum Gasteiger partial charge on any atom is -0.293 e. The summed E-state index contributed by atoms with van der Waals surface area (Å²) in [6.07, 6.45) is 0.489. The molecule has 2 aromatic carbocycles. The summed E-state index contributed by atoms with van der Waals surface area (Å²) in [7, 11) is 0. The van der Waals surface area contributed by atoms with Gasteiger partial charge < -0.3 is 0 Å². The average Bonchev–Trinajstić information content (AvgIpc) is 2.73. The van der Waals surface area contributed by atoms with E-state index in [0.29, 0.717) is 17.5 Å². The molecule has 0 saturated heterocycles. The zero-order valence-corrected chi connectivity index (χ0v) is 13.5. The minimum atomic E-state index is -1.05. The molecule has 0 aromatic heterocycles. The quantitative estimate of drug-likeness (QED) is 0.772. The van der Waals surface area contributed by atoms with E-state index in [1.165, 1.54) is 0 Å². The van der Waals surface area contributed by atoms with Gasteiger partial charge >= 0.3 is 0 Å². The molecule has 112 valence electrons. The third-order valence-electron chi connectivity index (χ3n) is 4.99. The number of benzene rings is 2. The molecule has 0 N–H and O–H groups in total. The first-order valence-electron chi connectivity index (χ1n) is 7.70. The van der Waals surface area contributed by atoms with Gasteiger partial charge in [0.25, 0.3) is 0 Å². The molecule has 0 spiro atoms. The summed E-state index contributed by atoms with van der Waals surface area (Å²) < 4.78 is 0. The van der Waals surface area contributed by atoms with E-state index in [1.54, 1.807) is 12.1 Å². The maximum absolute atomic E-state index is 13.1. The number of rotatable bonds is 2. The van der Waals surface area contributed by atoms with Crippen molar-refractivity contribution in [1.29, 1.82) is 0 Å². The van der Waals surface area contributed by atoms with E-state index >= 15 is 0 Å². The Morgan fingerprint density at radius 3 is 1.95 bits per heavy atom. The van der Waals surface area contributed by atoms with Crippen LogP contribution in [-0.4, -0.2) is 11.6 Å². The van der Waals surface area contributed by atoms with Crippen molar-refractivity contribution < 1.29 is 9.59 Å². The molecule has 3 rings (SSSR count). The Kier molecular flexibility index (Phi) is 3.28. The number of hydrogen-bond acceptors (Lipinski definition) is 2. The highest BCUT2D eigenvalue weighted by molar-refractivity contribution is 6.33. The molecule has 0 atom stereocenters. The number of ketones is 2. The first-order chi connectivity index (χ1) is 10.4. The highest BCUT2D eigenvalue weighted by Gasteiger charge is 2.53. The van der Waals surface area contributed by atoms with Gasteiger partial charge in [-0.1, -0.05) is 48.9 Å². The molecular weight excluding hydrogens is 272 g/mol. The Labute approximate surface area is 131 Å². The van der Waals surface area contributed by atoms with Crippen LogP contribution in [0.2, 0.25) is 0 Å². The lowest BCUT2D eigenvalue weighted by atomic mass is 9.71. The average molecular weight is 292 g/mol. The van der Waals surface area contributed by atoms with Crippen LogP contribution in [-0.2, 0) is 5.41 Å². The number of hydrogen-bond donors (Lipinski definition) is 0. The van der Waals surface area contributed by atoms with E-state index in [2.05, 4.69) is 6.07 Å². The normalized spacial score (nSPS) is 16.0. The second-order valence-electron chi connectivity index (χ2n) is 6.22. The highest BCUT2D eigenvalue weighted by Crippen LogP contribution is 2.44. The van der Waals surface area contributed by atoms with E-state index in [0.717, 1.165) is 22.3 Å². The molecule has 0 bridgehead atoms. The van der Waals surface area contributed by atoms with Crippen LogP contribution in [0.3, 0.4) is 0 Å². The summed E-state index contributed by atoms with van der Waals surface area (Å²) in [5, 5.41) is 0. The molecule has 2 aromatic rings. The topological polar surface area (TPSA) is 34.1 Å². The van der Waals surface area contributed by atoms with Crippen LogP contribution in [0.1, 0.15) is 56.3 Å². The molecule has 0 unspecified atom stereocenters. The highest BCUT2D eigenvalue weighted by atomic mass is 16.2. The van der Waals surface area contributed by atoms with Crippen molar-refractivity contribution in [2.24, 2.45) is 0 Å². The lowest BCUT2D eigenvalue weighted by molar-refractivity contribution is 0.0788. The maximum atomic E-state index is 13.1. The van der Waals surface area contributed by atoms with Gasteiger partial charge in [0, 0.05) is 11.1 Å². The van der Waals surface area contributed by atoms with Crippen molar-refractivity contribution >= 4 is 11.6 Å². The van der Waals surface area contributed by atoms with E-state index in [4.69, 9.17) is 0 Å². The lowest BCUT2D eigenvalue weighted by Gasteiger charge is -2.28. The van der Waals surface area contributed by atoms with Crippen molar-refractivity contribution in [3.63, 3.8) is 0 Å². The third-order valence-corrected chi connectivity index (χ3v) is 4.99. The number of fused-ring (bicyclic) bond motifs is 1. The van der Waals surface area contributed by atoms with Crippen molar-refractivity contribution in [3.05, 3.63) is 69.8 Å². The van der Waals surface area contributed by atoms with Crippen molar-refractivity contribution in [2.45, 2.75) is 39.5 Å². The predicted octanol–water partition coefficient (Wildman–Crippen LogP) is 4.34. The standard InChI is InChI=1S/C20H20O2/c1-5-20(17-11-12(2)10-13(3)14(17)4)18(21)15-8-6-7-9-16(15)19(20)22/h6-11H,5H2,1-4H3. The Bertz CT molecular complexity index is 764. The molecule has 0 aliphatic heterocycles. The van der Waals surface area contributed by atoms with Crippen LogP contribution < -0.4 is 0 Å². The molecule has 2 heteroatoms. The summed E-state index contributed by atoms with van der Waals surface area (Å²) in [5.74, 6) is -0.104. The molecule has 1 aliphatic rings. The van der Waals surface area contributed by atoms with Gasteiger partial charge in [0.15, 0.2) is 11.6 Å². The molecule has 0 radical (unpaired) electrons. The fourth-order valence-corrected chi connectivity index (χ4v) is 3.68. The molecular formula is C20H20O2. The van der Waals surface area contributed by atoms with E-state index in [1.807, 2.05) is 45.9 Å². The smallest absolute Gasteiger partial charge is 0.181 e. The molecule has 1 aliphatic carbocycles. The molecule has 2 nitrogen and oxygen atoms in total. The zero-order chi connectivity index (χ0) is 16.1. The van der Waals surface area contributed by atoms with Gasteiger partial charge in [-0.25, -0.2) is 0 Å². The SMILES string of the molecule is CCC1(c2cc(C)cc(C)c2C)C(=O)c2ccccc2C1=O. The zero-order valence-electron chi connectivity index (χ0n) is 13.5. The van der Waals surface area contributed by atoms with Crippen LogP contribution in [0.15, 0.2) is 36.4 Å². The Hall–Kier alpha value is -2.22. The first kappa shape index (κ1) is 14.7. The Morgan fingerprint density at radius 2 is 1.45 bits per heavy atom. The number of Topliss-reactive ketones (excluding diaryl/α,β-unsaturated/α-hetero) is 2. The summed E-state index contributed by atoms with van der Waals surface area (Å²) >= 11 is 0. The maximum Gasteiger partial charge on any atom is 0.181 e. The van der Waals surface area contributed by atoms with Crippen LogP contribution in [0, 0.1) is 20.8 Å². The number of carbonyl (C=O) groups is 2. The Balaban J connectivity index is 2.33. The minimum absolute atomic E-state index is 0.0521. The molecule has 0 amide bonds. The van der Waals surface area contributed by atoms with Gasteiger partial charge in [0.05, 0.1) is 0 Å². The summed E-state index contributed by atoms with van der Waals surface area (Å²) in [5.41, 5.74) is 4.20. The van der Waals surface area contributed by atoms with Crippen molar-refractivity contribution in [2.75, 3.05) is 0 Å². The fourth-order valence-electron chi connectivity index (χ4n) is 3.68. The monoisotopic (exact) mass is 292 g/mol. The first-order valence-corrected chi connectivity index (χ1v) is 7.70. The summed E-state index contributed by atoms with van der Waals surface area (Å²) in [6.45, 7) is 7.98. The van der Waals surface area contributed by atoms with E-state index < -0.39 is 5.41 Å². The van der Waals surface area contributed by atoms with Gasteiger partial charge in [0.1, 0.15) is 5.41 Å². The molecule has 0 saturated carbocycles. The predicted molar refractivity (Wildman–Crippen MR) is 87.7 cm³/mol. The van der Waals surface area contributed by atoms with Gasteiger partial charge in [-0.05, 0) is 43.9 Å². The molecule has 22 heavy (non-hydrogen) atoms. The molecule has 0 fully saturated rings. The summed E-state index contributed by atoms with van der Waals surface area (Å²) in [4.78, 5) is 26.2. The summed E-state index contributed by atoms with van der Waals surface area (Å²) in [6, 6.07) is 11.3. The van der Waals surface area contributed by atoms with Crippen molar-refractivity contribution in [3.8, 4) is 0 Å². The number of aryl methyl sites for hydroxylation is 2. The van der Waals surface area contributed by atoms with Crippen LogP contribution in [0.4, 0.5) is 0 Å². The molecule has 0 heterocycles. The number of carbonyl (C=O) groups excluding carboxylic acids is 2.